The van der Waals surface area contributed by atoms with Gasteiger partial charge in [-0.15, -0.1) is 0 Å². The van der Waals surface area contributed by atoms with Crippen LogP contribution < -0.4 is 4.74 Å². The molecule has 2 aliphatic rings. The standard InChI is InChI=1S/C17H20N2O2/c1-21-16-7-6-12-9-14(5-4-13(12)10-16)17(20)19-8-2-3-15(19)11-18/h6-7,10,14-15H,2-5,8-9H2,1H3/t14-,15?/m0/s1. The van der Waals surface area contributed by atoms with Gasteiger partial charge >= 0.3 is 0 Å². The molecule has 0 saturated carbocycles. The number of likely N-dealkylation sites (tertiary alicyclic amines) is 1. The maximum absolute atomic E-state index is 12.7. The van der Waals surface area contributed by atoms with Crippen LogP contribution in [0, 0.1) is 17.2 Å². The fourth-order valence-electron chi connectivity index (χ4n) is 3.47. The van der Waals surface area contributed by atoms with E-state index in [0.717, 1.165) is 44.4 Å². The Bertz CT molecular complexity index is 591. The van der Waals surface area contributed by atoms with E-state index in [9.17, 15) is 4.79 Å². The topological polar surface area (TPSA) is 53.3 Å². The summed E-state index contributed by atoms with van der Waals surface area (Å²) >= 11 is 0. The third-order valence-electron chi connectivity index (χ3n) is 4.68. The number of rotatable bonds is 2. The Morgan fingerprint density at radius 2 is 2.24 bits per heavy atom. The maximum Gasteiger partial charge on any atom is 0.227 e. The van der Waals surface area contributed by atoms with E-state index in [1.807, 2.05) is 6.07 Å². The zero-order valence-electron chi connectivity index (χ0n) is 12.3. The number of nitrogens with zero attached hydrogens (tertiary/aromatic N) is 2. The van der Waals surface area contributed by atoms with Gasteiger partial charge in [0.1, 0.15) is 11.8 Å². The first kappa shape index (κ1) is 13.9. The molecule has 2 atom stereocenters. The molecule has 0 bridgehead atoms. The van der Waals surface area contributed by atoms with Gasteiger partial charge in [0, 0.05) is 12.5 Å². The number of fused-ring (bicyclic) bond motifs is 1. The minimum Gasteiger partial charge on any atom is -0.497 e. The molecule has 1 aliphatic carbocycles. The van der Waals surface area contributed by atoms with Crippen molar-refractivity contribution < 1.29 is 9.53 Å². The third-order valence-corrected chi connectivity index (χ3v) is 4.68. The van der Waals surface area contributed by atoms with Gasteiger partial charge < -0.3 is 9.64 Å². The van der Waals surface area contributed by atoms with Gasteiger partial charge in [-0.1, -0.05) is 6.07 Å². The van der Waals surface area contributed by atoms with Crippen molar-refractivity contribution in [3.63, 3.8) is 0 Å². The minimum atomic E-state index is -0.213. The number of carbonyl (C=O) groups excluding carboxylic acids is 1. The van der Waals surface area contributed by atoms with Gasteiger partial charge in [-0.25, -0.2) is 0 Å². The Morgan fingerprint density at radius 3 is 3.00 bits per heavy atom. The Labute approximate surface area is 125 Å². The second-order valence-corrected chi connectivity index (χ2v) is 5.89. The monoisotopic (exact) mass is 284 g/mol. The van der Waals surface area contributed by atoms with Crippen molar-refractivity contribution in [1.82, 2.24) is 4.90 Å². The first-order valence-electron chi connectivity index (χ1n) is 7.59. The molecule has 21 heavy (non-hydrogen) atoms. The Hall–Kier alpha value is -2.02. The largest absolute Gasteiger partial charge is 0.497 e. The lowest BCUT2D eigenvalue weighted by atomic mass is 9.83. The Kier molecular flexibility index (Phi) is 3.83. The van der Waals surface area contributed by atoms with E-state index in [0.29, 0.717) is 0 Å². The molecule has 0 N–H and O–H groups in total. The van der Waals surface area contributed by atoms with Crippen molar-refractivity contribution in [3.05, 3.63) is 29.3 Å². The van der Waals surface area contributed by atoms with Crippen LogP contribution in [0.25, 0.3) is 0 Å². The highest BCUT2D eigenvalue weighted by molar-refractivity contribution is 5.80. The molecule has 4 nitrogen and oxygen atoms in total. The van der Waals surface area contributed by atoms with Gasteiger partial charge in [-0.2, -0.15) is 5.26 Å². The van der Waals surface area contributed by atoms with Gasteiger partial charge in [-0.3, -0.25) is 4.79 Å². The number of aryl methyl sites for hydroxylation is 1. The molecule has 110 valence electrons. The number of hydrogen-bond acceptors (Lipinski definition) is 3. The van der Waals surface area contributed by atoms with Crippen LogP contribution in [-0.4, -0.2) is 30.5 Å². The highest BCUT2D eigenvalue weighted by atomic mass is 16.5. The van der Waals surface area contributed by atoms with Gasteiger partial charge in [0.15, 0.2) is 0 Å². The summed E-state index contributed by atoms with van der Waals surface area (Å²) in [5.74, 6) is 1.07. The summed E-state index contributed by atoms with van der Waals surface area (Å²) in [5, 5.41) is 9.14. The number of benzene rings is 1. The number of ether oxygens (including phenoxy) is 1. The lowest BCUT2D eigenvalue weighted by molar-refractivity contribution is -0.135. The van der Waals surface area contributed by atoms with E-state index in [2.05, 4.69) is 18.2 Å². The van der Waals surface area contributed by atoms with E-state index in [1.54, 1.807) is 12.0 Å². The fourth-order valence-corrected chi connectivity index (χ4v) is 3.47. The summed E-state index contributed by atoms with van der Waals surface area (Å²) in [5.41, 5.74) is 2.53. The molecule has 4 heteroatoms. The van der Waals surface area contributed by atoms with Crippen LogP contribution >= 0.6 is 0 Å². The van der Waals surface area contributed by atoms with Crippen LogP contribution in [0.15, 0.2) is 18.2 Å². The molecule has 1 saturated heterocycles. The SMILES string of the molecule is COc1ccc2c(c1)CC[C@H](C(=O)N1CCCC1C#N)C2. The lowest BCUT2D eigenvalue weighted by Gasteiger charge is -2.29. The summed E-state index contributed by atoms with van der Waals surface area (Å²) in [6, 6.07) is 8.14. The van der Waals surface area contributed by atoms with Crippen LogP contribution in [0.2, 0.25) is 0 Å². The van der Waals surface area contributed by atoms with E-state index in [1.165, 1.54) is 11.1 Å². The van der Waals surface area contributed by atoms with Crippen LogP contribution in [-0.2, 0) is 17.6 Å². The van der Waals surface area contributed by atoms with Gasteiger partial charge in [-0.05, 0) is 55.4 Å². The summed E-state index contributed by atoms with van der Waals surface area (Å²) in [7, 11) is 1.67. The van der Waals surface area contributed by atoms with Gasteiger partial charge in [0.2, 0.25) is 5.91 Å². The van der Waals surface area contributed by atoms with E-state index in [4.69, 9.17) is 10.00 Å². The van der Waals surface area contributed by atoms with Gasteiger partial charge in [0.05, 0.1) is 13.2 Å². The number of hydrogen-bond donors (Lipinski definition) is 0. The Morgan fingerprint density at radius 1 is 1.38 bits per heavy atom. The maximum atomic E-state index is 12.7. The summed E-state index contributed by atoms with van der Waals surface area (Å²) in [6.07, 6.45) is 4.33. The van der Waals surface area contributed by atoms with Crippen molar-refractivity contribution in [2.24, 2.45) is 5.92 Å². The number of carbonyl (C=O) groups is 1. The van der Waals surface area contributed by atoms with Crippen LogP contribution in [0.5, 0.6) is 5.75 Å². The summed E-state index contributed by atoms with van der Waals surface area (Å²) in [6.45, 7) is 0.739. The molecular formula is C17H20N2O2. The second kappa shape index (κ2) is 5.77. The quantitative estimate of drug-likeness (QED) is 0.837. The molecule has 1 aliphatic heterocycles. The third kappa shape index (κ3) is 2.61. The minimum absolute atomic E-state index is 0.0276. The van der Waals surface area contributed by atoms with E-state index < -0.39 is 0 Å². The molecule has 1 heterocycles. The van der Waals surface area contributed by atoms with Crippen LogP contribution in [0.4, 0.5) is 0 Å². The van der Waals surface area contributed by atoms with E-state index in [-0.39, 0.29) is 17.9 Å². The van der Waals surface area contributed by atoms with Crippen LogP contribution in [0.1, 0.15) is 30.4 Å². The molecule has 1 aromatic carbocycles. The van der Waals surface area contributed by atoms with E-state index >= 15 is 0 Å². The number of methoxy groups -OCH3 is 1. The summed E-state index contributed by atoms with van der Waals surface area (Å²) in [4.78, 5) is 14.4. The first-order chi connectivity index (χ1) is 10.2. The molecular weight excluding hydrogens is 264 g/mol. The first-order valence-corrected chi connectivity index (χ1v) is 7.59. The lowest BCUT2D eigenvalue weighted by Crippen LogP contribution is -2.40. The molecule has 0 spiro atoms. The predicted octanol–water partition coefficient (Wildman–Crippen LogP) is 2.31. The van der Waals surface area contributed by atoms with Crippen LogP contribution in [0.3, 0.4) is 0 Å². The number of nitriles is 1. The Balaban J connectivity index is 1.74. The van der Waals surface area contributed by atoms with Crippen molar-refractivity contribution in [1.29, 1.82) is 5.26 Å². The zero-order valence-corrected chi connectivity index (χ0v) is 12.3. The number of amides is 1. The average Bonchev–Trinajstić information content (AvgIpc) is 3.01. The second-order valence-electron chi connectivity index (χ2n) is 5.89. The average molecular weight is 284 g/mol. The van der Waals surface area contributed by atoms with Gasteiger partial charge in [0.25, 0.3) is 0 Å². The molecule has 1 aromatic rings. The van der Waals surface area contributed by atoms with Crippen molar-refractivity contribution in [3.8, 4) is 11.8 Å². The highest BCUT2D eigenvalue weighted by Gasteiger charge is 2.34. The molecule has 0 aromatic heterocycles. The predicted molar refractivity (Wildman–Crippen MR) is 78.9 cm³/mol. The van der Waals surface area contributed by atoms with Crippen molar-refractivity contribution >= 4 is 5.91 Å². The van der Waals surface area contributed by atoms with Crippen molar-refractivity contribution in [2.45, 2.75) is 38.1 Å². The normalized spacial score (nSPS) is 24.3. The zero-order chi connectivity index (χ0) is 14.8. The smallest absolute Gasteiger partial charge is 0.227 e. The highest BCUT2D eigenvalue weighted by Crippen LogP contribution is 2.31. The molecule has 1 unspecified atom stereocenters. The fraction of sp³-hybridized carbons (Fsp3) is 0.529. The molecule has 1 amide bonds. The molecule has 3 rings (SSSR count). The molecule has 0 radical (unpaired) electrons. The molecule has 1 fully saturated rings. The van der Waals surface area contributed by atoms with Crippen molar-refractivity contribution in [2.75, 3.05) is 13.7 Å². The summed E-state index contributed by atoms with van der Waals surface area (Å²) < 4.78 is 5.25.